The summed E-state index contributed by atoms with van der Waals surface area (Å²) in [5, 5.41) is 11.9. The van der Waals surface area contributed by atoms with Crippen LogP contribution in [0.3, 0.4) is 0 Å². The van der Waals surface area contributed by atoms with E-state index in [1.807, 2.05) is 55.5 Å². The summed E-state index contributed by atoms with van der Waals surface area (Å²) in [6.45, 7) is 2.51. The zero-order valence-electron chi connectivity index (χ0n) is 16.0. The first kappa shape index (κ1) is 19.0. The third-order valence-corrected chi connectivity index (χ3v) is 4.88. The van der Waals surface area contributed by atoms with Crippen molar-refractivity contribution in [3.63, 3.8) is 0 Å². The van der Waals surface area contributed by atoms with Crippen molar-refractivity contribution in [2.45, 2.75) is 17.8 Å². The summed E-state index contributed by atoms with van der Waals surface area (Å²) in [6.07, 6.45) is 0. The smallest absolute Gasteiger partial charge is 0.237 e. The van der Waals surface area contributed by atoms with Crippen LogP contribution < -0.4 is 9.47 Å². The van der Waals surface area contributed by atoms with Crippen LogP contribution in [0.2, 0.25) is 0 Å². The molecule has 8 nitrogen and oxygen atoms in total. The second-order valence-electron chi connectivity index (χ2n) is 5.92. The number of para-hydroxylation sites is 1. The molecular weight excluding hydrogens is 390 g/mol. The van der Waals surface area contributed by atoms with Gasteiger partial charge in [-0.3, -0.25) is 5.10 Å². The summed E-state index contributed by atoms with van der Waals surface area (Å²) in [4.78, 5) is 8.96. The fraction of sp³-hybridized carbons (Fsp3) is 0.200. The molecule has 0 aliphatic heterocycles. The minimum atomic E-state index is 0.462. The lowest BCUT2D eigenvalue weighted by molar-refractivity contribution is 0.341. The van der Waals surface area contributed by atoms with Crippen LogP contribution in [0.15, 0.2) is 58.2 Å². The number of hydrogen-bond donors (Lipinski definition) is 1. The van der Waals surface area contributed by atoms with Gasteiger partial charge in [-0.2, -0.15) is 4.98 Å². The molecule has 0 saturated carbocycles. The van der Waals surface area contributed by atoms with Gasteiger partial charge in [-0.25, -0.2) is 4.98 Å². The maximum atomic E-state index is 5.63. The van der Waals surface area contributed by atoms with E-state index in [4.69, 9.17) is 14.0 Å². The number of hydrogen-bond acceptors (Lipinski definition) is 8. The first-order valence-electron chi connectivity index (χ1n) is 9.01. The van der Waals surface area contributed by atoms with Crippen molar-refractivity contribution >= 4 is 11.8 Å². The van der Waals surface area contributed by atoms with Crippen LogP contribution in [0.5, 0.6) is 11.5 Å². The number of nitrogens with one attached hydrogen (secondary N) is 1. The average Bonchev–Trinajstić information content (AvgIpc) is 3.43. The minimum Gasteiger partial charge on any atom is -0.497 e. The average molecular weight is 409 g/mol. The molecule has 2 aromatic heterocycles. The lowest BCUT2D eigenvalue weighted by Crippen LogP contribution is -1.94. The van der Waals surface area contributed by atoms with Crippen LogP contribution >= 0.6 is 11.8 Å². The monoisotopic (exact) mass is 409 g/mol. The Morgan fingerprint density at radius 1 is 1.07 bits per heavy atom. The Hall–Kier alpha value is -3.33. The summed E-state index contributed by atoms with van der Waals surface area (Å²) < 4.78 is 16.2. The van der Waals surface area contributed by atoms with Crippen molar-refractivity contribution in [2.24, 2.45) is 0 Å². The Morgan fingerprint density at radius 2 is 1.90 bits per heavy atom. The van der Waals surface area contributed by atoms with Gasteiger partial charge >= 0.3 is 0 Å². The van der Waals surface area contributed by atoms with Gasteiger partial charge in [0, 0.05) is 5.56 Å². The van der Waals surface area contributed by atoms with Gasteiger partial charge in [0.05, 0.1) is 25.0 Å². The quantitative estimate of drug-likeness (QED) is 0.432. The fourth-order valence-corrected chi connectivity index (χ4v) is 3.31. The van der Waals surface area contributed by atoms with Gasteiger partial charge in [-0.05, 0) is 43.3 Å². The van der Waals surface area contributed by atoms with E-state index in [9.17, 15) is 0 Å². The molecule has 0 atom stereocenters. The van der Waals surface area contributed by atoms with Crippen molar-refractivity contribution in [2.75, 3.05) is 13.7 Å². The van der Waals surface area contributed by atoms with Gasteiger partial charge in [0.15, 0.2) is 5.82 Å². The van der Waals surface area contributed by atoms with E-state index in [-0.39, 0.29) is 0 Å². The molecule has 0 spiro atoms. The number of ether oxygens (including phenoxy) is 2. The molecule has 148 valence electrons. The number of methoxy groups -OCH3 is 1. The molecule has 4 rings (SSSR count). The van der Waals surface area contributed by atoms with Crippen LogP contribution in [0.1, 0.15) is 12.8 Å². The van der Waals surface area contributed by atoms with E-state index in [0.29, 0.717) is 35.1 Å². The molecule has 4 aromatic rings. The molecule has 2 aromatic carbocycles. The van der Waals surface area contributed by atoms with E-state index in [2.05, 4.69) is 25.3 Å². The van der Waals surface area contributed by atoms with Gasteiger partial charge in [0.1, 0.15) is 11.5 Å². The highest BCUT2D eigenvalue weighted by Gasteiger charge is 2.14. The molecular formula is C20H19N5O3S. The summed E-state index contributed by atoms with van der Waals surface area (Å²) in [7, 11) is 1.64. The highest BCUT2D eigenvalue weighted by atomic mass is 32.2. The predicted molar refractivity (Wildman–Crippen MR) is 109 cm³/mol. The van der Waals surface area contributed by atoms with Gasteiger partial charge < -0.3 is 14.0 Å². The zero-order valence-corrected chi connectivity index (χ0v) is 16.8. The molecule has 9 heteroatoms. The van der Waals surface area contributed by atoms with Gasteiger partial charge in [-0.15, -0.1) is 5.10 Å². The van der Waals surface area contributed by atoms with Gasteiger partial charge in [0.25, 0.3) is 0 Å². The summed E-state index contributed by atoms with van der Waals surface area (Å²) >= 11 is 1.41. The molecule has 0 aliphatic carbocycles. The molecule has 29 heavy (non-hydrogen) atoms. The Balaban J connectivity index is 1.42. The van der Waals surface area contributed by atoms with E-state index in [0.717, 1.165) is 22.6 Å². The number of thioether (sulfide) groups is 1. The Morgan fingerprint density at radius 3 is 2.69 bits per heavy atom. The Labute approximate surface area is 171 Å². The third-order valence-electron chi connectivity index (χ3n) is 4.05. The molecule has 0 radical (unpaired) electrons. The van der Waals surface area contributed by atoms with Crippen molar-refractivity contribution in [1.29, 1.82) is 0 Å². The minimum absolute atomic E-state index is 0.462. The van der Waals surface area contributed by atoms with Crippen molar-refractivity contribution in [3.8, 4) is 34.3 Å². The van der Waals surface area contributed by atoms with Crippen LogP contribution in [-0.2, 0) is 5.75 Å². The number of aromatic amines is 1. The molecule has 0 unspecified atom stereocenters. The van der Waals surface area contributed by atoms with Crippen molar-refractivity contribution < 1.29 is 14.0 Å². The normalized spacial score (nSPS) is 10.8. The molecule has 1 N–H and O–H groups in total. The maximum Gasteiger partial charge on any atom is 0.237 e. The van der Waals surface area contributed by atoms with E-state index >= 15 is 0 Å². The lowest BCUT2D eigenvalue weighted by atomic mass is 10.2. The van der Waals surface area contributed by atoms with E-state index in [1.54, 1.807) is 7.11 Å². The first-order valence-corrected chi connectivity index (χ1v) is 9.99. The van der Waals surface area contributed by atoms with Gasteiger partial charge in [0.2, 0.25) is 16.9 Å². The topological polar surface area (TPSA) is 99.0 Å². The number of aromatic nitrogens is 5. The molecule has 0 saturated heterocycles. The largest absolute Gasteiger partial charge is 0.497 e. The Bertz CT molecular complexity index is 1080. The summed E-state index contributed by atoms with van der Waals surface area (Å²) in [5.74, 6) is 3.66. The predicted octanol–water partition coefficient (Wildman–Crippen LogP) is 4.22. The van der Waals surface area contributed by atoms with Crippen LogP contribution in [0.4, 0.5) is 0 Å². The summed E-state index contributed by atoms with van der Waals surface area (Å²) in [5.41, 5.74) is 1.73. The highest BCUT2D eigenvalue weighted by Crippen LogP contribution is 2.29. The first-order chi connectivity index (χ1) is 14.3. The number of H-pyrrole nitrogens is 1. The maximum absolute atomic E-state index is 5.63. The van der Waals surface area contributed by atoms with Crippen molar-refractivity contribution in [1.82, 2.24) is 25.3 Å². The molecule has 0 fully saturated rings. The van der Waals surface area contributed by atoms with Crippen LogP contribution in [0, 0.1) is 0 Å². The highest BCUT2D eigenvalue weighted by molar-refractivity contribution is 7.98. The molecule has 0 aliphatic rings. The second kappa shape index (κ2) is 8.78. The van der Waals surface area contributed by atoms with Gasteiger partial charge in [-0.1, -0.05) is 29.1 Å². The fourth-order valence-electron chi connectivity index (χ4n) is 2.67. The molecule has 0 bridgehead atoms. The summed E-state index contributed by atoms with van der Waals surface area (Å²) in [6, 6.07) is 15.2. The Kier molecular flexibility index (Phi) is 5.76. The lowest BCUT2D eigenvalue weighted by Gasteiger charge is -2.05. The third kappa shape index (κ3) is 4.40. The van der Waals surface area contributed by atoms with Crippen LogP contribution in [0.25, 0.3) is 22.8 Å². The number of benzene rings is 2. The standard InChI is InChI=1S/C20H19N5O3S/c1-3-27-16-7-5-4-6-15(16)19-21-17(28-25-19)12-29-20-22-18(23-24-20)13-8-10-14(26-2)11-9-13/h4-11H,3,12H2,1-2H3,(H,22,23,24). The van der Waals surface area contributed by atoms with E-state index in [1.165, 1.54) is 11.8 Å². The zero-order chi connectivity index (χ0) is 20.1. The van der Waals surface area contributed by atoms with Crippen molar-refractivity contribution in [3.05, 3.63) is 54.4 Å². The molecule has 0 amide bonds. The van der Waals surface area contributed by atoms with Crippen LogP contribution in [-0.4, -0.2) is 39.0 Å². The molecule has 2 heterocycles. The van der Waals surface area contributed by atoms with E-state index < -0.39 is 0 Å². The SMILES string of the molecule is CCOc1ccccc1-c1noc(CSc2n[nH]c(-c3ccc(OC)cc3)n2)n1. The number of rotatable bonds is 8. The number of nitrogens with zero attached hydrogens (tertiary/aromatic N) is 4. The second-order valence-corrected chi connectivity index (χ2v) is 6.87.